The number of carboxylic acid groups (broad SMARTS) is 1. The fraction of sp³-hybridized carbons (Fsp3) is 0.875. The molecule has 5 nitrogen and oxygen atoms in total. The number of rotatable bonds is 4. The minimum Gasteiger partial charge on any atom is -0.480 e. The van der Waals surface area contributed by atoms with E-state index in [4.69, 9.17) is 0 Å². The smallest absolute Gasteiger partial charge is 0.320 e. The molecule has 120 valence electrons. The largest absolute Gasteiger partial charge is 0.480 e. The van der Waals surface area contributed by atoms with E-state index in [1.807, 2.05) is 9.80 Å². The normalized spacial score (nSPS) is 28.1. The topological polar surface area (TPSA) is 60.9 Å². The number of carbonyl (C=O) groups excluding carboxylic acids is 1. The molecule has 2 aliphatic heterocycles. The van der Waals surface area contributed by atoms with Gasteiger partial charge in [0.15, 0.2) is 0 Å². The van der Waals surface area contributed by atoms with Crippen molar-refractivity contribution in [1.29, 1.82) is 0 Å². The summed E-state index contributed by atoms with van der Waals surface area (Å²) in [5, 5.41) is 9.39. The van der Waals surface area contributed by atoms with E-state index in [-0.39, 0.29) is 12.5 Å². The summed E-state index contributed by atoms with van der Waals surface area (Å²) in [7, 11) is 0. The minimum absolute atomic E-state index is 0.120. The van der Waals surface area contributed by atoms with Gasteiger partial charge in [-0.15, -0.1) is 0 Å². The van der Waals surface area contributed by atoms with E-state index in [0.29, 0.717) is 12.5 Å². The molecule has 0 aromatic heterocycles. The van der Waals surface area contributed by atoms with Gasteiger partial charge < -0.3 is 10.0 Å². The third kappa shape index (κ3) is 4.19. The fourth-order valence-corrected chi connectivity index (χ4v) is 3.65. The standard InChI is InChI=1S/C16H28N2O3/c1-2-13-8-5-7-11-18(13)15(19)12-17-10-6-3-4-9-14(17)16(20)21/h13-14H,2-12H2,1H3,(H,20,21). The highest BCUT2D eigenvalue weighted by molar-refractivity contribution is 5.80. The van der Waals surface area contributed by atoms with Crippen molar-refractivity contribution in [3.05, 3.63) is 0 Å². The molecule has 2 aliphatic rings. The number of nitrogens with zero attached hydrogens (tertiary/aromatic N) is 2. The average molecular weight is 296 g/mol. The molecule has 0 bridgehead atoms. The summed E-state index contributed by atoms with van der Waals surface area (Å²) in [5.41, 5.74) is 0. The summed E-state index contributed by atoms with van der Waals surface area (Å²) in [6, 6.07) is -0.136. The first-order chi connectivity index (χ1) is 10.1. The first-order valence-electron chi connectivity index (χ1n) is 8.39. The monoisotopic (exact) mass is 296 g/mol. The van der Waals surface area contributed by atoms with Crippen LogP contribution in [-0.4, -0.2) is 58.5 Å². The number of carboxylic acids is 1. The van der Waals surface area contributed by atoms with E-state index in [1.54, 1.807) is 0 Å². The van der Waals surface area contributed by atoms with E-state index in [2.05, 4.69) is 6.92 Å². The quantitative estimate of drug-likeness (QED) is 0.863. The van der Waals surface area contributed by atoms with Gasteiger partial charge in [-0.25, -0.2) is 0 Å². The number of hydrogen-bond donors (Lipinski definition) is 1. The van der Waals surface area contributed by atoms with Crippen LogP contribution in [0.1, 0.15) is 58.3 Å². The Labute approximate surface area is 127 Å². The molecule has 1 amide bonds. The van der Waals surface area contributed by atoms with Crippen LogP contribution in [-0.2, 0) is 9.59 Å². The van der Waals surface area contributed by atoms with Crippen molar-refractivity contribution in [2.75, 3.05) is 19.6 Å². The molecule has 5 heteroatoms. The van der Waals surface area contributed by atoms with Crippen LogP contribution in [0.3, 0.4) is 0 Å². The van der Waals surface area contributed by atoms with Gasteiger partial charge >= 0.3 is 5.97 Å². The van der Waals surface area contributed by atoms with Crippen LogP contribution in [0.15, 0.2) is 0 Å². The Morgan fingerprint density at radius 2 is 1.76 bits per heavy atom. The lowest BCUT2D eigenvalue weighted by Gasteiger charge is -2.37. The summed E-state index contributed by atoms with van der Waals surface area (Å²) in [4.78, 5) is 27.9. The van der Waals surface area contributed by atoms with Gasteiger partial charge in [-0.05, 0) is 45.1 Å². The van der Waals surface area contributed by atoms with Gasteiger partial charge in [0, 0.05) is 12.6 Å². The molecule has 0 aliphatic carbocycles. The number of carbonyl (C=O) groups is 2. The van der Waals surface area contributed by atoms with Gasteiger partial charge in [-0.2, -0.15) is 0 Å². The molecule has 0 spiro atoms. The Balaban J connectivity index is 1.99. The Hall–Kier alpha value is -1.10. The number of likely N-dealkylation sites (tertiary alicyclic amines) is 2. The Kier molecular flexibility index (Phi) is 6.03. The molecule has 0 aromatic rings. The van der Waals surface area contributed by atoms with Crippen LogP contribution in [0.4, 0.5) is 0 Å². The molecule has 21 heavy (non-hydrogen) atoms. The van der Waals surface area contributed by atoms with Crippen molar-refractivity contribution < 1.29 is 14.7 Å². The van der Waals surface area contributed by atoms with E-state index >= 15 is 0 Å². The van der Waals surface area contributed by atoms with Crippen LogP contribution >= 0.6 is 0 Å². The van der Waals surface area contributed by atoms with Gasteiger partial charge in [0.25, 0.3) is 0 Å². The summed E-state index contributed by atoms with van der Waals surface area (Å²) >= 11 is 0. The number of amides is 1. The molecular formula is C16H28N2O3. The van der Waals surface area contributed by atoms with Crippen molar-refractivity contribution >= 4 is 11.9 Å². The lowest BCUT2D eigenvalue weighted by Crippen LogP contribution is -2.51. The second-order valence-corrected chi connectivity index (χ2v) is 6.32. The molecule has 2 unspecified atom stereocenters. The predicted octanol–water partition coefficient (Wildman–Crippen LogP) is 2.11. The van der Waals surface area contributed by atoms with E-state index < -0.39 is 12.0 Å². The average Bonchev–Trinajstić information content (AvgIpc) is 2.72. The maximum absolute atomic E-state index is 12.6. The highest BCUT2D eigenvalue weighted by Gasteiger charge is 2.32. The molecule has 1 N–H and O–H groups in total. The summed E-state index contributed by atoms with van der Waals surface area (Å²) in [6.45, 7) is 3.96. The highest BCUT2D eigenvalue weighted by atomic mass is 16.4. The number of aliphatic carboxylic acids is 1. The van der Waals surface area contributed by atoms with Crippen LogP contribution in [0.5, 0.6) is 0 Å². The summed E-state index contributed by atoms with van der Waals surface area (Å²) in [6.07, 6.45) is 8.03. The third-order valence-corrected chi connectivity index (χ3v) is 4.91. The summed E-state index contributed by atoms with van der Waals surface area (Å²) in [5.74, 6) is -0.662. The Morgan fingerprint density at radius 3 is 2.48 bits per heavy atom. The van der Waals surface area contributed by atoms with E-state index in [0.717, 1.165) is 51.6 Å². The van der Waals surface area contributed by atoms with Crippen LogP contribution in [0.25, 0.3) is 0 Å². The molecule has 2 heterocycles. The SMILES string of the molecule is CCC1CCCCN1C(=O)CN1CCCCCC1C(=O)O. The molecule has 2 atom stereocenters. The van der Waals surface area contributed by atoms with Crippen LogP contribution in [0.2, 0.25) is 0 Å². The van der Waals surface area contributed by atoms with Crippen molar-refractivity contribution in [2.45, 2.75) is 70.4 Å². The van der Waals surface area contributed by atoms with Gasteiger partial charge in [0.1, 0.15) is 6.04 Å². The Bertz CT molecular complexity index is 373. The van der Waals surface area contributed by atoms with Gasteiger partial charge in [0.05, 0.1) is 6.54 Å². The minimum atomic E-state index is -0.782. The van der Waals surface area contributed by atoms with Crippen molar-refractivity contribution in [1.82, 2.24) is 9.80 Å². The maximum atomic E-state index is 12.6. The molecule has 0 radical (unpaired) electrons. The lowest BCUT2D eigenvalue weighted by atomic mass is 10.00. The zero-order valence-corrected chi connectivity index (χ0v) is 13.1. The van der Waals surface area contributed by atoms with E-state index in [1.165, 1.54) is 6.42 Å². The molecule has 2 rings (SSSR count). The molecule has 0 saturated carbocycles. The number of hydrogen-bond acceptors (Lipinski definition) is 3. The first kappa shape index (κ1) is 16.3. The van der Waals surface area contributed by atoms with E-state index in [9.17, 15) is 14.7 Å². The van der Waals surface area contributed by atoms with Crippen LogP contribution in [0, 0.1) is 0 Å². The van der Waals surface area contributed by atoms with Crippen LogP contribution < -0.4 is 0 Å². The van der Waals surface area contributed by atoms with Crippen molar-refractivity contribution in [2.24, 2.45) is 0 Å². The molecule has 0 aromatic carbocycles. The zero-order chi connectivity index (χ0) is 15.2. The molecule has 2 saturated heterocycles. The van der Waals surface area contributed by atoms with Gasteiger partial charge in [-0.1, -0.05) is 19.8 Å². The highest BCUT2D eigenvalue weighted by Crippen LogP contribution is 2.21. The first-order valence-corrected chi connectivity index (χ1v) is 8.39. The maximum Gasteiger partial charge on any atom is 0.320 e. The summed E-state index contributed by atoms with van der Waals surface area (Å²) < 4.78 is 0. The van der Waals surface area contributed by atoms with Gasteiger partial charge in [-0.3, -0.25) is 14.5 Å². The van der Waals surface area contributed by atoms with Crippen molar-refractivity contribution in [3.8, 4) is 0 Å². The Morgan fingerprint density at radius 1 is 1.05 bits per heavy atom. The molecular weight excluding hydrogens is 268 g/mol. The fourth-order valence-electron chi connectivity index (χ4n) is 3.65. The second kappa shape index (κ2) is 7.78. The molecule has 2 fully saturated rings. The van der Waals surface area contributed by atoms with Gasteiger partial charge in [0.2, 0.25) is 5.91 Å². The number of piperidine rings is 1. The third-order valence-electron chi connectivity index (χ3n) is 4.91. The van der Waals surface area contributed by atoms with Crippen molar-refractivity contribution in [3.63, 3.8) is 0 Å². The lowest BCUT2D eigenvalue weighted by molar-refractivity contribution is -0.145. The predicted molar refractivity (Wildman–Crippen MR) is 81.1 cm³/mol. The zero-order valence-electron chi connectivity index (χ0n) is 13.1. The second-order valence-electron chi connectivity index (χ2n) is 6.32.